The van der Waals surface area contributed by atoms with Crippen LogP contribution >= 0.6 is 0 Å². The van der Waals surface area contributed by atoms with Gasteiger partial charge in [-0.1, -0.05) is 0 Å². The van der Waals surface area contributed by atoms with E-state index >= 15 is 0 Å². The van der Waals surface area contributed by atoms with Crippen molar-refractivity contribution in [2.75, 3.05) is 37.4 Å². The molecule has 0 unspecified atom stereocenters. The largest absolute Gasteiger partial charge is 0.368 e. The minimum atomic E-state index is 0.561. The highest BCUT2D eigenvalue weighted by Crippen LogP contribution is 2.20. The van der Waals surface area contributed by atoms with Crippen molar-refractivity contribution in [3.63, 3.8) is 0 Å². The molecule has 0 radical (unpaired) electrons. The first kappa shape index (κ1) is 16.8. The topological polar surface area (TPSA) is 81.8 Å². The highest BCUT2D eigenvalue weighted by molar-refractivity contribution is 5.51. The van der Waals surface area contributed by atoms with Gasteiger partial charge in [-0.25, -0.2) is 4.98 Å². The summed E-state index contributed by atoms with van der Waals surface area (Å²) in [6.45, 7) is 4.24. The van der Waals surface area contributed by atoms with Crippen LogP contribution in [0.2, 0.25) is 0 Å². The maximum atomic E-state index is 9.03. The van der Waals surface area contributed by atoms with Crippen LogP contribution < -0.4 is 15.5 Å². The van der Waals surface area contributed by atoms with E-state index in [1.807, 2.05) is 32.7 Å². The van der Waals surface area contributed by atoms with Crippen LogP contribution in [0.4, 0.5) is 11.6 Å². The molecular formula is C16H23N7. The molecular weight excluding hydrogens is 290 g/mol. The second-order valence-electron chi connectivity index (χ2n) is 5.52. The number of hydrogen-bond acceptors (Lipinski definition) is 6. The Balaban J connectivity index is 1.86. The first-order chi connectivity index (χ1) is 11.0. The fourth-order valence-electron chi connectivity index (χ4n) is 2.58. The van der Waals surface area contributed by atoms with Crippen molar-refractivity contribution >= 4 is 11.6 Å². The van der Waals surface area contributed by atoms with E-state index in [9.17, 15) is 0 Å². The van der Waals surface area contributed by atoms with Gasteiger partial charge >= 0.3 is 0 Å². The Morgan fingerprint density at radius 3 is 2.83 bits per heavy atom. The summed E-state index contributed by atoms with van der Waals surface area (Å²) >= 11 is 0. The maximum absolute atomic E-state index is 9.03. The lowest BCUT2D eigenvalue weighted by atomic mass is 10.2. The van der Waals surface area contributed by atoms with Gasteiger partial charge in [0.1, 0.15) is 17.7 Å². The van der Waals surface area contributed by atoms with Crippen LogP contribution in [0.15, 0.2) is 18.3 Å². The monoisotopic (exact) mass is 313 g/mol. The van der Waals surface area contributed by atoms with Crippen molar-refractivity contribution in [1.82, 2.24) is 20.1 Å². The molecule has 0 saturated carbocycles. The molecule has 2 aromatic rings. The number of nitrogens with one attached hydrogen (secondary N) is 2. The summed E-state index contributed by atoms with van der Waals surface area (Å²) in [5, 5.41) is 20.1. The third kappa shape index (κ3) is 3.99. The van der Waals surface area contributed by atoms with E-state index in [0.29, 0.717) is 17.9 Å². The van der Waals surface area contributed by atoms with Gasteiger partial charge < -0.3 is 15.5 Å². The van der Waals surface area contributed by atoms with Gasteiger partial charge in [-0.3, -0.25) is 4.68 Å². The quantitative estimate of drug-likeness (QED) is 0.749. The van der Waals surface area contributed by atoms with Crippen LogP contribution in [0.1, 0.15) is 16.8 Å². The Kier molecular flexibility index (Phi) is 5.55. The SMILES string of the molecule is Cc1nn(C)c(N(C)C)c1CNCCNc1ncccc1C#N. The van der Waals surface area contributed by atoms with Crippen LogP contribution in [0, 0.1) is 18.3 Å². The molecule has 0 aliphatic rings. The van der Waals surface area contributed by atoms with Crippen LogP contribution in [0.25, 0.3) is 0 Å². The van der Waals surface area contributed by atoms with E-state index in [2.05, 4.69) is 31.7 Å². The standard InChI is InChI=1S/C16H23N7/c1-12-14(16(22(2)3)23(4)21-12)11-18-8-9-20-15-13(10-17)6-5-7-19-15/h5-7,18H,8-9,11H2,1-4H3,(H,19,20). The normalized spacial score (nSPS) is 10.4. The van der Waals surface area contributed by atoms with Crippen molar-refractivity contribution in [3.8, 4) is 6.07 Å². The summed E-state index contributed by atoms with van der Waals surface area (Å²) in [5.74, 6) is 1.74. The van der Waals surface area contributed by atoms with Crippen LogP contribution in [0.3, 0.4) is 0 Å². The Hall–Kier alpha value is -2.59. The van der Waals surface area contributed by atoms with Crippen molar-refractivity contribution in [2.24, 2.45) is 7.05 Å². The van der Waals surface area contributed by atoms with E-state index in [4.69, 9.17) is 5.26 Å². The first-order valence-corrected chi connectivity index (χ1v) is 7.54. The lowest BCUT2D eigenvalue weighted by Gasteiger charge is -2.15. The second-order valence-corrected chi connectivity index (χ2v) is 5.52. The predicted octanol–water partition coefficient (Wildman–Crippen LogP) is 1.26. The third-order valence-electron chi connectivity index (χ3n) is 3.56. The average molecular weight is 313 g/mol. The zero-order chi connectivity index (χ0) is 16.8. The van der Waals surface area contributed by atoms with Crippen LogP contribution in [0.5, 0.6) is 0 Å². The smallest absolute Gasteiger partial charge is 0.143 e. The summed E-state index contributed by atoms with van der Waals surface area (Å²) in [6, 6.07) is 5.65. The van der Waals surface area contributed by atoms with E-state index in [0.717, 1.165) is 24.6 Å². The zero-order valence-electron chi connectivity index (χ0n) is 14.1. The van der Waals surface area contributed by atoms with Crippen molar-refractivity contribution in [1.29, 1.82) is 5.26 Å². The molecule has 122 valence electrons. The Labute approximate surface area is 136 Å². The predicted molar refractivity (Wildman–Crippen MR) is 91.4 cm³/mol. The average Bonchev–Trinajstić information content (AvgIpc) is 2.81. The maximum Gasteiger partial charge on any atom is 0.143 e. The fourth-order valence-corrected chi connectivity index (χ4v) is 2.58. The second kappa shape index (κ2) is 7.61. The summed E-state index contributed by atoms with van der Waals surface area (Å²) in [4.78, 5) is 6.25. The molecule has 0 fully saturated rings. The molecule has 0 amide bonds. The van der Waals surface area contributed by atoms with Gasteiger partial charge in [0, 0.05) is 52.5 Å². The molecule has 0 bridgehead atoms. The minimum Gasteiger partial charge on any atom is -0.368 e. The van der Waals surface area contributed by atoms with Gasteiger partial charge in [0.05, 0.1) is 11.3 Å². The van der Waals surface area contributed by atoms with Crippen LogP contribution in [-0.2, 0) is 13.6 Å². The number of pyridine rings is 1. The van der Waals surface area contributed by atoms with Gasteiger partial charge in [0.25, 0.3) is 0 Å². The van der Waals surface area contributed by atoms with E-state index in [1.165, 1.54) is 5.56 Å². The number of aryl methyl sites for hydroxylation is 2. The van der Waals surface area contributed by atoms with E-state index in [1.54, 1.807) is 18.3 Å². The van der Waals surface area contributed by atoms with Gasteiger partial charge in [0.2, 0.25) is 0 Å². The number of nitrogens with zero attached hydrogens (tertiary/aromatic N) is 5. The fraction of sp³-hybridized carbons (Fsp3) is 0.438. The Bertz CT molecular complexity index is 697. The highest BCUT2D eigenvalue weighted by atomic mass is 15.4. The third-order valence-corrected chi connectivity index (χ3v) is 3.56. The van der Waals surface area contributed by atoms with Crippen molar-refractivity contribution in [2.45, 2.75) is 13.5 Å². The van der Waals surface area contributed by atoms with Crippen LogP contribution in [-0.4, -0.2) is 41.9 Å². The lowest BCUT2D eigenvalue weighted by Crippen LogP contribution is -2.24. The lowest BCUT2D eigenvalue weighted by molar-refractivity contribution is 0.700. The molecule has 2 heterocycles. The number of anilines is 2. The van der Waals surface area contributed by atoms with Gasteiger partial charge in [-0.05, 0) is 19.1 Å². The van der Waals surface area contributed by atoms with Gasteiger partial charge in [0.15, 0.2) is 0 Å². The molecule has 0 aliphatic heterocycles. The Morgan fingerprint density at radius 2 is 2.13 bits per heavy atom. The summed E-state index contributed by atoms with van der Waals surface area (Å²) in [6.07, 6.45) is 1.68. The zero-order valence-corrected chi connectivity index (χ0v) is 14.1. The molecule has 2 aromatic heterocycles. The minimum absolute atomic E-state index is 0.561. The number of rotatable bonds is 7. The van der Waals surface area contributed by atoms with Crippen molar-refractivity contribution in [3.05, 3.63) is 35.2 Å². The molecule has 2 N–H and O–H groups in total. The summed E-state index contributed by atoms with van der Waals surface area (Å²) in [7, 11) is 6.00. The molecule has 0 saturated heterocycles. The molecule has 0 spiro atoms. The van der Waals surface area contributed by atoms with E-state index < -0.39 is 0 Å². The first-order valence-electron chi connectivity index (χ1n) is 7.54. The number of nitriles is 1. The molecule has 7 heteroatoms. The number of aromatic nitrogens is 3. The van der Waals surface area contributed by atoms with Gasteiger partial charge in [-0.15, -0.1) is 0 Å². The van der Waals surface area contributed by atoms with E-state index in [-0.39, 0.29) is 0 Å². The molecule has 2 rings (SSSR count). The van der Waals surface area contributed by atoms with Gasteiger partial charge in [-0.2, -0.15) is 10.4 Å². The summed E-state index contributed by atoms with van der Waals surface area (Å²) < 4.78 is 1.90. The van der Waals surface area contributed by atoms with Crippen molar-refractivity contribution < 1.29 is 0 Å². The highest BCUT2D eigenvalue weighted by Gasteiger charge is 2.14. The summed E-state index contributed by atoms with van der Waals surface area (Å²) in [5.41, 5.74) is 2.80. The molecule has 0 aliphatic carbocycles. The molecule has 0 atom stereocenters. The molecule has 0 aromatic carbocycles. The molecule has 23 heavy (non-hydrogen) atoms. The Morgan fingerprint density at radius 1 is 1.35 bits per heavy atom. The number of hydrogen-bond donors (Lipinski definition) is 2. The molecule has 7 nitrogen and oxygen atoms in total.